The molecule has 0 unspecified atom stereocenters. The minimum Gasteiger partial charge on any atom is -0.355 e. The van der Waals surface area contributed by atoms with Crippen molar-refractivity contribution in [2.24, 2.45) is 0 Å². The molecule has 5 heterocycles. The fourth-order valence-corrected chi connectivity index (χ4v) is 8.65. The Morgan fingerprint density at radius 2 is 1.09 bits per heavy atom. The van der Waals surface area contributed by atoms with Crippen LogP contribution in [0.4, 0.5) is 17.1 Å². The van der Waals surface area contributed by atoms with E-state index in [2.05, 4.69) is 149 Å². The molecule has 8 nitrogen and oxygen atoms in total. The van der Waals surface area contributed by atoms with Crippen LogP contribution in [0.25, 0.3) is 67.1 Å². The fourth-order valence-electron chi connectivity index (χ4n) is 8.65. The standard InChI is InChI=1S/C48H44N8/c1-47(2,3)30-19-22-36-42(25-30)56-43-26-31(48(4,5)6)20-23-40(43)53(45(56)50-36)34-21-24-41-44(28-34)54(46-49-35-15-8-9-16-37(35)55(41)46)33-14-12-13-32(27-33)52-29-51(7)38-17-10-11-18-39(38)52/h8-28H,29H2,1-7H3/i7D3. The van der Waals surface area contributed by atoms with Gasteiger partial charge in [-0.2, -0.15) is 0 Å². The van der Waals surface area contributed by atoms with Crippen LogP contribution < -0.4 is 9.80 Å². The first-order valence-electron chi connectivity index (χ1n) is 20.8. The van der Waals surface area contributed by atoms with Gasteiger partial charge in [0.2, 0.25) is 11.6 Å². The number of nitrogens with zero attached hydrogens (tertiary/aromatic N) is 8. The van der Waals surface area contributed by atoms with E-state index in [-0.39, 0.29) is 17.5 Å². The molecule has 0 bridgehead atoms. The first-order valence-corrected chi connectivity index (χ1v) is 19.3. The van der Waals surface area contributed by atoms with Crippen molar-refractivity contribution in [3.8, 4) is 11.4 Å². The fraction of sp³-hybridized carbons (Fsp3) is 0.208. The molecule has 10 aromatic rings. The number of rotatable bonds is 3. The molecule has 0 spiro atoms. The van der Waals surface area contributed by atoms with Crippen molar-refractivity contribution in [3.63, 3.8) is 0 Å². The van der Waals surface area contributed by atoms with Gasteiger partial charge in [-0.25, -0.2) is 9.97 Å². The van der Waals surface area contributed by atoms with Crippen molar-refractivity contribution in [2.75, 3.05) is 23.4 Å². The molecule has 56 heavy (non-hydrogen) atoms. The first-order chi connectivity index (χ1) is 28.1. The third kappa shape index (κ3) is 4.65. The summed E-state index contributed by atoms with van der Waals surface area (Å²) < 4.78 is 34.0. The second-order valence-electron chi connectivity index (χ2n) is 17.2. The van der Waals surface area contributed by atoms with Gasteiger partial charge in [0.05, 0.1) is 73.6 Å². The number of imidazole rings is 4. The highest BCUT2D eigenvalue weighted by molar-refractivity contribution is 5.96. The van der Waals surface area contributed by atoms with Crippen molar-refractivity contribution >= 4 is 72.8 Å². The van der Waals surface area contributed by atoms with Crippen LogP contribution in [0.1, 0.15) is 56.8 Å². The van der Waals surface area contributed by atoms with Crippen LogP contribution in [0.5, 0.6) is 0 Å². The topological polar surface area (TPSA) is 50.9 Å². The van der Waals surface area contributed by atoms with E-state index in [9.17, 15) is 0 Å². The Morgan fingerprint density at radius 1 is 0.482 bits per heavy atom. The van der Waals surface area contributed by atoms with E-state index in [1.807, 2.05) is 42.5 Å². The van der Waals surface area contributed by atoms with E-state index in [0.29, 0.717) is 5.69 Å². The predicted molar refractivity (Wildman–Crippen MR) is 232 cm³/mol. The smallest absolute Gasteiger partial charge is 0.220 e. The molecule has 1 aliphatic heterocycles. The zero-order valence-corrected chi connectivity index (χ0v) is 32.4. The highest BCUT2D eigenvalue weighted by Crippen LogP contribution is 2.41. The second-order valence-corrected chi connectivity index (χ2v) is 17.2. The van der Waals surface area contributed by atoms with Gasteiger partial charge in [-0.1, -0.05) is 84.0 Å². The summed E-state index contributed by atoms with van der Waals surface area (Å²) in [6, 6.07) is 44.4. The Morgan fingerprint density at radius 3 is 1.86 bits per heavy atom. The van der Waals surface area contributed by atoms with E-state index in [1.165, 1.54) is 16.0 Å². The third-order valence-corrected chi connectivity index (χ3v) is 11.6. The molecule has 0 fully saturated rings. The lowest BCUT2D eigenvalue weighted by molar-refractivity contribution is 0.591. The van der Waals surface area contributed by atoms with Gasteiger partial charge in [0.25, 0.3) is 0 Å². The van der Waals surface area contributed by atoms with Crippen LogP contribution in [0, 0.1) is 0 Å². The van der Waals surface area contributed by atoms with Crippen molar-refractivity contribution < 1.29 is 4.11 Å². The predicted octanol–water partition coefficient (Wildman–Crippen LogP) is 11.3. The highest BCUT2D eigenvalue weighted by Gasteiger charge is 2.27. The maximum Gasteiger partial charge on any atom is 0.220 e. The van der Waals surface area contributed by atoms with Crippen molar-refractivity contribution in [1.29, 1.82) is 0 Å². The average molecular weight is 736 g/mol. The number of anilines is 3. The summed E-state index contributed by atoms with van der Waals surface area (Å²) in [5.41, 5.74) is 15.0. The molecule has 0 aliphatic carbocycles. The Balaban J connectivity index is 1.17. The van der Waals surface area contributed by atoms with E-state index >= 15 is 0 Å². The molecule has 0 N–H and O–H groups in total. The zero-order valence-electron chi connectivity index (χ0n) is 35.4. The lowest BCUT2D eigenvalue weighted by atomic mass is 9.86. The monoisotopic (exact) mass is 735 g/mol. The van der Waals surface area contributed by atoms with Gasteiger partial charge in [-0.05, 0) is 107 Å². The van der Waals surface area contributed by atoms with Crippen LogP contribution in [0.2, 0.25) is 0 Å². The summed E-state index contributed by atoms with van der Waals surface area (Å²) in [7, 11) is 0. The number of benzene rings is 6. The molecule has 0 amide bonds. The molecule has 8 heteroatoms. The molecule has 0 saturated heterocycles. The zero-order chi connectivity index (χ0) is 40.7. The van der Waals surface area contributed by atoms with Crippen molar-refractivity contribution in [1.82, 2.24) is 27.9 Å². The number of aromatic nitrogens is 6. The Labute approximate surface area is 329 Å². The molecule has 1 aliphatic rings. The Bertz CT molecular complexity index is 3350. The average Bonchev–Trinajstić information content (AvgIpc) is 3.99. The molecule has 0 atom stereocenters. The first kappa shape index (κ1) is 29.8. The van der Waals surface area contributed by atoms with Crippen LogP contribution >= 0.6 is 0 Å². The van der Waals surface area contributed by atoms with Crippen LogP contribution in [0.3, 0.4) is 0 Å². The molecular formula is C48H44N8. The molecule has 276 valence electrons. The highest BCUT2D eigenvalue weighted by atomic mass is 15.4. The summed E-state index contributed by atoms with van der Waals surface area (Å²) in [5, 5.41) is 0. The number of hydrogen-bond donors (Lipinski definition) is 0. The quantitative estimate of drug-likeness (QED) is 0.181. The molecule has 0 radical (unpaired) electrons. The minimum absolute atomic E-state index is 0.0181. The van der Waals surface area contributed by atoms with Gasteiger partial charge in [0.1, 0.15) is 0 Å². The SMILES string of the molecule is [2H]C([2H])([2H])N1CN(c2cccc(-n3c4cc(-n5c6ccc(C(C)(C)C)cc6n6c7cc(C(C)(C)C)ccc7nc56)ccc4n4c5ccccc5nc34)c2)c2ccccc21. The van der Waals surface area contributed by atoms with E-state index in [0.717, 1.165) is 78.4 Å². The summed E-state index contributed by atoms with van der Waals surface area (Å²) in [5.74, 6) is 1.65. The van der Waals surface area contributed by atoms with Gasteiger partial charge in [0, 0.05) is 16.8 Å². The number of fused-ring (bicyclic) bond motifs is 11. The van der Waals surface area contributed by atoms with E-state index < -0.39 is 6.98 Å². The third-order valence-electron chi connectivity index (χ3n) is 11.6. The Kier molecular flexibility index (Phi) is 5.99. The van der Waals surface area contributed by atoms with Gasteiger partial charge >= 0.3 is 0 Å². The van der Waals surface area contributed by atoms with Crippen LogP contribution in [-0.4, -0.2) is 41.5 Å². The van der Waals surface area contributed by atoms with Gasteiger partial charge in [-0.3, -0.25) is 17.9 Å². The van der Waals surface area contributed by atoms with Gasteiger partial charge in [-0.15, -0.1) is 0 Å². The van der Waals surface area contributed by atoms with Crippen molar-refractivity contribution in [2.45, 2.75) is 52.4 Å². The minimum atomic E-state index is -2.28. The van der Waals surface area contributed by atoms with E-state index in [4.69, 9.17) is 14.1 Å². The lowest BCUT2D eigenvalue weighted by Crippen LogP contribution is -2.24. The van der Waals surface area contributed by atoms with E-state index in [1.54, 1.807) is 0 Å². The van der Waals surface area contributed by atoms with Crippen molar-refractivity contribution in [3.05, 3.63) is 139 Å². The largest absolute Gasteiger partial charge is 0.355 e. The Hall–Kier alpha value is -6.54. The summed E-state index contributed by atoms with van der Waals surface area (Å²) >= 11 is 0. The summed E-state index contributed by atoms with van der Waals surface area (Å²) in [6.45, 7) is 11.5. The maximum atomic E-state index is 8.29. The molecule has 4 aromatic heterocycles. The number of hydrogen-bond acceptors (Lipinski definition) is 4. The molecule has 6 aromatic carbocycles. The second kappa shape index (κ2) is 11.3. The number of para-hydroxylation sites is 4. The molecule has 11 rings (SSSR count). The summed E-state index contributed by atoms with van der Waals surface area (Å²) in [6.07, 6.45) is 0. The summed E-state index contributed by atoms with van der Waals surface area (Å²) in [4.78, 5) is 14.1. The maximum absolute atomic E-state index is 8.29. The van der Waals surface area contributed by atoms with Crippen LogP contribution in [0.15, 0.2) is 127 Å². The molecule has 0 saturated carbocycles. The molecular weight excluding hydrogens is 689 g/mol. The van der Waals surface area contributed by atoms with Crippen LogP contribution in [-0.2, 0) is 10.8 Å². The normalized spacial score (nSPS) is 14.9. The van der Waals surface area contributed by atoms with Gasteiger partial charge in [0.15, 0.2) is 0 Å². The lowest BCUT2D eigenvalue weighted by Gasteiger charge is -2.20. The van der Waals surface area contributed by atoms with Gasteiger partial charge < -0.3 is 9.80 Å².